The van der Waals surface area contributed by atoms with E-state index in [1.54, 1.807) is 0 Å². The molecule has 1 unspecified atom stereocenters. The van der Waals surface area contributed by atoms with E-state index in [0.29, 0.717) is 38.6 Å². The zero-order valence-corrected chi connectivity index (χ0v) is 13.4. The molecule has 2 aliphatic heterocycles. The Balaban J connectivity index is 1.71. The lowest BCUT2D eigenvalue weighted by Gasteiger charge is -2.45. The van der Waals surface area contributed by atoms with Gasteiger partial charge in [0.1, 0.15) is 0 Å². The fourth-order valence-electron chi connectivity index (χ4n) is 3.48. The molecule has 3 fully saturated rings. The van der Waals surface area contributed by atoms with Crippen LogP contribution in [0, 0.1) is 5.92 Å². The zero-order valence-electron chi connectivity index (χ0n) is 12.6. The van der Waals surface area contributed by atoms with E-state index in [2.05, 4.69) is 6.92 Å². The quantitative estimate of drug-likeness (QED) is 0.758. The van der Waals surface area contributed by atoms with Gasteiger partial charge in [0, 0.05) is 13.1 Å². The number of carbonyl (C=O) groups is 1. The lowest BCUT2D eigenvalue weighted by Crippen LogP contribution is -2.61. The summed E-state index contributed by atoms with van der Waals surface area (Å²) in [6, 6.07) is 0. The maximum atomic E-state index is 12.7. The predicted octanol–water partition coefficient (Wildman–Crippen LogP) is 0.440. The van der Waals surface area contributed by atoms with Crippen molar-refractivity contribution in [1.82, 2.24) is 9.21 Å². The van der Waals surface area contributed by atoms with Gasteiger partial charge >= 0.3 is 0 Å². The van der Waals surface area contributed by atoms with Gasteiger partial charge in [-0.2, -0.15) is 4.31 Å². The minimum absolute atomic E-state index is 0.00928. The van der Waals surface area contributed by atoms with Gasteiger partial charge in [0.25, 0.3) is 0 Å². The standard InChI is InChI=1S/C14H24N2O4S/c1-14(12-4-5-12)11-20-8-7-16(14)13(17)10-15-6-2-3-9-21(15,18)19/h12H,2-11H2,1H3. The highest BCUT2D eigenvalue weighted by Gasteiger charge is 2.49. The van der Waals surface area contributed by atoms with Crippen LogP contribution < -0.4 is 0 Å². The summed E-state index contributed by atoms with van der Waals surface area (Å²) in [7, 11) is -3.24. The van der Waals surface area contributed by atoms with Crippen LogP contribution in [0.1, 0.15) is 32.6 Å². The van der Waals surface area contributed by atoms with E-state index in [4.69, 9.17) is 4.74 Å². The summed E-state index contributed by atoms with van der Waals surface area (Å²) in [6.07, 6.45) is 3.80. The first-order valence-corrected chi connectivity index (χ1v) is 9.40. The van der Waals surface area contributed by atoms with Crippen LogP contribution in [0.2, 0.25) is 0 Å². The Hall–Kier alpha value is -0.660. The Kier molecular flexibility index (Phi) is 4.00. The lowest BCUT2D eigenvalue weighted by molar-refractivity contribution is -0.150. The maximum absolute atomic E-state index is 12.7. The Morgan fingerprint density at radius 3 is 2.71 bits per heavy atom. The summed E-state index contributed by atoms with van der Waals surface area (Å²) in [6.45, 7) is 4.21. The first-order valence-electron chi connectivity index (χ1n) is 7.79. The highest BCUT2D eigenvalue weighted by molar-refractivity contribution is 7.89. The molecule has 1 aliphatic carbocycles. The molecule has 0 aromatic carbocycles. The molecular formula is C14H24N2O4S. The van der Waals surface area contributed by atoms with Gasteiger partial charge in [-0.15, -0.1) is 0 Å². The molecule has 0 bridgehead atoms. The number of carbonyl (C=O) groups excluding carboxylic acids is 1. The third-order valence-corrected chi connectivity index (χ3v) is 6.90. The molecule has 21 heavy (non-hydrogen) atoms. The fourth-order valence-corrected chi connectivity index (χ4v) is 5.02. The predicted molar refractivity (Wildman–Crippen MR) is 78.3 cm³/mol. The molecule has 1 saturated carbocycles. The van der Waals surface area contributed by atoms with Crippen LogP contribution in [0.25, 0.3) is 0 Å². The van der Waals surface area contributed by atoms with Crippen molar-refractivity contribution in [1.29, 1.82) is 0 Å². The molecule has 0 N–H and O–H groups in total. The van der Waals surface area contributed by atoms with E-state index < -0.39 is 10.0 Å². The van der Waals surface area contributed by atoms with E-state index >= 15 is 0 Å². The van der Waals surface area contributed by atoms with Gasteiger partial charge < -0.3 is 9.64 Å². The van der Waals surface area contributed by atoms with Gasteiger partial charge in [-0.25, -0.2) is 8.42 Å². The van der Waals surface area contributed by atoms with Gasteiger partial charge in [0.15, 0.2) is 0 Å². The second kappa shape index (κ2) is 5.52. The first-order chi connectivity index (χ1) is 9.93. The van der Waals surface area contributed by atoms with Crippen molar-refractivity contribution >= 4 is 15.9 Å². The maximum Gasteiger partial charge on any atom is 0.238 e. The number of morpholine rings is 1. The number of nitrogens with zero attached hydrogens (tertiary/aromatic N) is 2. The molecule has 1 amide bonds. The average molecular weight is 316 g/mol. The van der Waals surface area contributed by atoms with Crippen LogP contribution in [0.4, 0.5) is 0 Å². The lowest BCUT2D eigenvalue weighted by atomic mass is 9.93. The zero-order chi connectivity index (χ0) is 15.1. The Bertz CT molecular complexity index is 517. The van der Waals surface area contributed by atoms with Crippen molar-refractivity contribution in [3.63, 3.8) is 0 Å². The van der Waals surface area contributed by atoms with Crippen LogP contribution in [-0.2, 0) is 19.6 Å². The largest absolute Gasteiger partial charge is 0.377 e. The Morgan fingerprint density at radius 2 is 2.05 bits per heavy atom. The van der Waals surface area contributed by atoms with E-state index in [1.165, 1.54) is 4.31 Å². The summed E-state index contributed by atoms with van der Waals surface area (Å²) in [5, 5.41) is 0. The van der Waals surface area contributed by atoms with Gasteiger partial charge in [-0.1, -0.05) is 0 Å². The smallest absolute Gasteiger partial charge is 0.238 e. The van der Waals surface area contributed by atoms with Gasteiger partial charge in [-0.05, 0) is 38.5 Å². The number of hydrogen-bond acceptors (Lipinski definition) is 4. The van der Waals surface area contributed by atoms with Gasteiger partial charge in [0.05, 0.1) is 31.1 Å². The molecule has 7 heteroatoms. The number of amides is 1. The van der Waals surface area contributed by atoms with Crippen molar-refractivity contribution in [3.8, 4) is 0 Å². The highest BCUT2D eigenvalue weighted by Crippen LogP contribution is 2.44. The van der Waals surface area contributed by atoms with Crippen LogP contribution in [0.15, 0.2) is 0 Å². The van der Waals surface area contributed by atoms with Crippen LogP contribution in [0.3, 0.4) is 0 Å². The Morgan fingerprint density at radius 1 is 1.29 bits per heavy atom. The van der Waals surface area contributed by atoms with Crippen molar-refractivity contribution in [2.45, 2.75) is 38.1 Å². The molecule has 1 atom stereocenters. The minimum Gasteiger partial charge on any atom is -0.377 e. The second-order valence-corrected chi connectivity index (χ2v) is 8.67. The van der Waals surface area contributed by atoms with Crippen molar-refractivity contribution in [2.75, 3.05) is 38.6 Å². The molecule has 3 aliphatic rings. The molecule has 0 spiro atoms. The third kappa shape index (κ3) is 2.96. The van der Waals surface area contributed by atoms with Crippen molar-refractivity contribution in [3.05, 3.63) is 0 Å². The first kappa shape index (κ1) is 15.2. The molecule has 6 nitrogen and oxygen atoms in total. The SMILES string of the molecule is CC1(C2CC2)COCCN1C(=O)CN1CCCCS1(=O)=O. The number of hydrogen-bond donors (Lipinski definition) is 0. The van der Waals surface area contributed by atoms with Crippen molar-refractivity contribution in [2.24, 2.45) is 5.92 Å². The number of sulfonamides is 1. The summed E-state index contributed by atoms with van der Waals surface area (Å²) in [5.41, 5.74) is -0.255. The molecule has 120 valence electrons. The average Bonchev–Trinajstić information content (AvgIpc) is 3.26. The summed E-state index contributed by atoms with van der Waals surface area (Å²) in [4.78, 5) is 14.5. The summed E-state index contributed by atoms with van der Waals surface area (Å²) in [5.74, 6) is 0.599. The summed E-state index contributed by atoms with van der Waals surface area (Å²) < 4.78 is 31.0. The minimum atomic E-state index is -3.24. The molecular weight excluding hydrogens is 292 g/mol. The summed E-state index contributed by atoms with van der Waals surface area (Å²) >= 11 is 0. The molecule has 0 aromatic rings. The van der Waals surface area contributed by atoms with Crippen LogP contribution in [-0.4, -0.2) is 67.7 Å². The van der Waals surface area contributed by atoms with E-state index in [0.717, 1.165) is 19.3 Å². The topological polar surface area (TPSA) is 66.9 Å². The highest BCUT2D eigenvalue weighted by atomic mass is 32.2. The molecule has 3 rings (SSSR count). The second-order valence-electron chi connectivity index (χ2n) is 6.59. The van der Waals surface area contributed by atoms with E-state index in [1.807, 2.05) is 4.90 Å². The number of rotatable bonds is 3. The molecule has 0 aromatic heterocycles. The van der Waals surface area contributed by atoms with Crippen molar-refractivity contribution < 1.29 is 17.9 Å². The third-order valence-electron chi connectivity index (χ3n) is 4.99. The van der Waals surface area contributed by atoms with Crippen LogP contribution >= 0.6 is 0 Å². The van der Waals surface area contributed by atoms with E-state index in [9.17, 15) is 13.2 Å². The molecule has 2 heterocycles. The van der Waals surface area contributed by atoms with Gasteiger partial charge in [0.2, 0.25) is 15.9 Å². The molecule has 0 radical (unpaired) electrons. The molecule has 2 saturated heterocycles. The fraction of sp³-hybridized carbons (Fsp3) is 0.929. The van der Waals surface area contributed by atoms with E-state index in [-0.39, 0.29) is 23.7 Å². The van der Waals surface area contributed by atoms with Gasteiger partial charge in [-0.3, -0.25) is 4.79 Å². The number of ether oxygens (including phenoxy) is 1. The monoisotopic (exact) mass is 316 g/mol. The normalized spacial score (nSPS) is 33.9. The Labute approximate surface area is 126 Å². The van der Waals surface area contributed by atoms with Crippen LogP contribution in [0.5, 0.6) is 0 Å².